The molecule has 4 nitrogen and oxygen atoms in total. The summed E-state index contributed by atoms with van der Waals surface area (Å²) in [7, 11) is 0. The highest BCUT2D eigenvalue weighted by molar-refractivity contribution is 5.92. The first-order chi connectivity index (χ1) is 12.3. The number of carbonyl (C=O) groups excluding carboxylic acids is 2. The molecule has 1 fully saturated rings. The lowest BCUT2D eigenvalue weighted by atomic mass is 9.96. The van der Waals surface area contributed by atoms with Gasteiger partial charge in [-0.3, -0.25) is 9.59 Å². The van der Waals surface area contributed by atoms with E-state index in [1.807, 2.05) is 6.92 Å². The number of benzene rings is 1. The second-order valence-corrected chi connectivity index (χ2v) is 6.34. The number of piperidine rings is 1. The number of halogens is 3. The van der Waals surface area contributed by atoms with Crippen LogP contribution in [0.3, 0.4) is 0 Å². The molecule has 0 aromatic heterocycles. The monoisotopic (exact) mass is 368 g/mol. The maximum Gasteiger partial charge on any atom is 0.416 e. The highest BCUT2D eigenvalue weighted by atomic mass is 19.4. The Kier molecular flexibility index (Phi) is 6.83. The number of hydrogen-bond donors (Lipinski definition) is 1. The molecular formula is C19H23F3N2O2. The first-order valence-electron chi connectivity index (χ1n) is 8.73. The Labute approximate surface area is 151 Å². The van der Waals surface area contributed by atoms with Crippen molar-refractivity contribution in [2.24, 2.45) is 5.92 Å². The molecule has 0 unspecified atom stereocenters. The number of likely N-dealkylation sites (tertiary alicyclic amines) is 1. The maximum atomic E-state index is 12.5. The highest BCUT2D eigenvalue weighted by Crippen LogP contribution is 2.29. The summed E-state index contributed by atoms with van der Waals surface area (Å²) in [6.07, 6.45) is 0.622. The van der Waals surface area contributed by atoms with Gasteiger partial charge in [0.2, 0.25) is 11.8 Å². The third kappa shape index (κ3) is 5.61. The topological polar surface area (TPSA) is 49.4 Å². The number of carbonyl (C=O) groups is 2. The van der Waals surface area contributed by atoms with Gasteiger partial charge in [-0.05, 0) is 43.0 Å². The van der Waals surface area contributed by atoms with E-state index in [1.54, 1.807) is 4.90 Å². The van der Waals surface area contributed by atoms with E-state index in [1.165, 1.54) is 24.3 Å². The van der Waals surface area contributed by atoms with E-state index in [-0.39, 0.29) is 17.7 Å². The van der Waals surface area contributed by atoms with Gasteiger partial charge in [-0.1, -0.05) is 19.1 Å². The van der Waals surface area contributed by atoms with Crippen LogP contribution in [0.4, 0.5) is 13.2 Å². The van der Waals surface area contributed by atoms with E-state index in [0.717, 1.165) is 18.6 Å². The Hall–Kier alpha value is -2.31. The summed E-state index contributed by atoms with van der Waals surface area (Å²) in [5.41, 5.74) is -0.190. The number of nitrogens with zero attached hydrogens (tertiary/aromatic N) is 1. The smallest absolute Gasteiger partial charge is 0.356 e. The van der Waals surface area contributed by atoms with E-state index in [9.17, 15) is 22.8 Å². The molecule has 0 aliphatic carbocycles. The minimum absolute atomic E-state index is 0.0410. The van der Waals surface area contributed by atoms with Gasteiger partial charge in [0, 0.05) is 31.6 Å². The van der Waals surface area contributed by atoms with Crippen molar-refractivity contribution in [3.8, 4) is 0 Å². The molecule has 1 aliphatic rings. The Morgan fingerprint density at radius 3 is 2.35 bits per heavy atom. The van der Waals surface area contributed by atoms with E-state index >= 15 is 0 Å². The van der Waals surface area contributed by atoms with Gasteiger partial charge in [-0.15, -0.1) is 0 Å². The van der Waals surface area contributed by atoms with Gasteiger partial charge < -0.3 is 10.2 Å². The average molecular weight is 368 g/mol. The average Bonchev–Trinajstić information content (AvgIpc) is 2.64. The van der Waals surface area contributed by atoms with Crippen molar-refractivity contribution in [1.82, 2.24) is 10.2 Å². The third-order valence-electron chi connectivity index (χ3n) is 4.38. The molecule has 0 spiro atoms. The minimum Gasteiger partial charge on any atom is -0.356 e. The Morgan fingerprint density at radius 2 is 1.81 bits per heavy atom. The standard InChI is InChI=1S/C19H23F3N2O2/c1-2-11-23-18(26)15-9-12-24(13-10-15)17(25)8-5-14-3-6-16(7-4-14)19(20,21)22/h3-8,15H,2,9-13H2,1H3,(H,23,26)/b8-5+. The van der Waals surface area contributed by atoms with Crippen LogP contribution in [0.1, 0.15) is 37.3 Å². The fraction of sp³-hybridized carbons (Fsp3) is 0.474. The maximum absolute atomic E-state index is 12.5. The van der Waals surface area contributed by atoms with Gasteiger partial charge in [0.1, 0.15) is 0 Å². The molecule has 1 aliphatic heterocycles. The molecular weight excluding hydrogens is 345 g/mol. The first kappa shape index (κ1) is 20.0. The Morgan fingerprint density at radius 1 is 1.19 bits per heavy atom. The van der Waals surface area contributed by atoms with Gasteiger partial charge in [0.05, 0.1) is 5.56 Å². The van der Waals surface area contributed by atoms with Gasteiger partial charge in [0.25, 0.3) is 0 Å². The second-order valence-electron chi connectivity index (χ2n) is 6.34. The normalized spacial score (nSPS) is 16.1. The third-order valence-corrected chi connectivity index (χ3v) is 4.38. The molecule has 1 aromatic carbocycles. The van der Waals surface area contributed by atoms with Gasteiger partial charge >= 0.3 is 6.18 Å². The number of nitrogens with one attached hydrogen (secondary N) is 1. The molecule has 2 rings (SSSR count). The van der Waals surface area contributed by atoms with Crippen LogP contribution in [0.15, 0.2) is 30.3 Å². The van der Waals surface area contributed by atoms with Crippen LogP contribution in [0, 0.1) is 5.92 Å². The minimum atomic E-state index is -4.37. The van der Waals surface area contributed by atoms with Crippen molar-refractivity contribution in [3.63, 3.8) is 0 Å². The number of alkyl halides is 3. The van der Waals surface area contributed by atoms with E-state index in [4.69, 9.17) is 0 Å². The van der Waals surface area contributed by atoms with Crippen LogP contribution in [-0.2, 0) is 15.8 Å². The molecule has 1 saturated heterocycles. The van der Waals surface area contributed by atoms with Gasteiger partial charge in [0.15, 0.2) is 0 Å². The summed E-state index contributed by atoms with van der Waals surface area (Å²) in [4.78, 5) is 25.8. The Balaban J connectivity index is 1.85. The van der Waals surface area contributed by atoms with Crippen molar-refractivity contribution in [1.29, 1.82) is 0 Å². The Bertz CT molecular complexity index is 646. The summed E-state index contributed by atoms with van der Waals surface area (Å²) in [6.45, 7) is 3.65. The molecule has 26 heavy (non-hydrogen) atoms. The molecule has 142 valence electrons. The van der Waals surface area contributed by atoms with Crippen LogP contribution in [0.2, 0.25) is 0 Å². The summed E-state index contributed by atoms with van der Waals surface area (Å²) in [6, 6.07) is 4.64. The number of amides is 2. The zero-order chi connectivity index (χ0) is 19.2. The molecule has 2 amide bonds. The molecule has 0 bridgehead atoms. The second kappa shape index (κ2) is 8.87. The quantitative estimate of drug-likeness (QED) is 0.809. The SMILES string of the molecule is CCCNC(=O)C1CCN(C(=O)/C=C/c2ccc(C(F)(F)F)cc2)CC1. The van der Waals surface area contributed by atoms with Gasteiger partial charge in [-0.2, -0.15) is 13.2 Å². The van der Waals surface area contributed by atoms with E-state index in [2.05, 4.69) is 5.32 Å². The predicted octanol–water partition coefficient (Wildman–Crippen LogP) is 3.48. The predicted molar refractivity (Wildman–Crippen MR) is 93.1 cm³/mol. The molecule has 1 heterocycles. The summed E-state index contributed by atoms with van der Waals surface area (Å²) >= 11 is 0. The summed E-state index contributed by atoms with van der Waals surface area (Å²) in [5.74, 6) is -0.221. The largest absolute Gasteiger partial charge is 0.416 e. The van der Waals surface area contributed by atoms with Crippen LogP contribution in [0.5, 0.6) is 0 Å². The fourth-order valence-corrected chi connectivity index (χ4v) is 2.81. The number of rotatable bonds is 5. The fourth-order valence-electron chi connectivity index (χ4n) is 2.81. The van der Waals surface area contributed by atoms with Crippen LogP contribution in [0.25, 0.3) is 6.08 Å². The van der Waals surface area contributed by atoms with Crippen molar-refractivity contribution in [2.75, 3.05) is 19.6 Å². The van der Waals surface area contributed by atoms with Crippen LogP contribution in [-0.4, -0.2) is 36.3 Å². The molecule has 0 radical (unpaired) electrons. The zero-order valence-electron chi connectivity index (χ0n) is 14.7. The van der Waals surface area contributed by atoms with Crippen molar-refractivity contribution in [2.45, 2.75) is 32.4 Å². The van der Waals surface area contributed by atoms with Crippen LogP contribution < -0.4 is 5.32 Å². The first-order valence-corrected chi connectivity index (χ1v) is 8.73. The van der Waals surface area contributed by atoms with Crippen LogP contribution >= 0.6 is 0 Å². The molecule has 0 atom stereocenters. The summed E-state index contributed by atoms with van der Waals surface area (Å²) in [5, 5.41) is 2.87. The highest BCUT2D eigenvalue weighted by Gasteiger charge is 2.30. The lowest BCUT2D eigenvalue weighted by Gasteiger charge is -2.30. The number of hydrogen-bond acceptors (Lipinski definition) is 2. The lowest BCUT2D eigenvalue weighted by molar-refractivity contribution is -0.137. The van der Waals surface area contributed by atoms with Crippen molar-refractivity contribution in [3.05, 3.63) is 41.5 Å². The molecule has 1 aromatic rings. The van der Waals surface area contributed by atoms with E-state index < -0.39 is 11.7 Å². The zero-order valence-corrected chi connectivity index (χ0v) is 14.7. The molecule has 0 saturated carbocycles. The van der Waals surface area contributed by atoms with Crippen molar-refractivity contribution >= 4 is 17.9 Å². The summed E-state index contributed by atoms with van der Waals surface area (Å²) < 4.78 is 37.6. The van der Waals surface area contributed by atoms with Gasteiger partial charge in [-0.25, -0.2) is 0 Å². The van der Waals surface area contributed by atoms with Crippen molar-refractivity contribution < 1.29 is 22.8 Å². The van der Waals surface area contributed by atoms with E-state index in [0.29, 0.717) is 38.0 Å². The molecule has 7 heteroatoms. The molecule has 1 N–H and O–H groups in total. The lowest BCUT2D eigenvalue weighted by Crippen LogP contribution is -2.42.